The first-order valence-corrected chi connectivity index (χ1v) is 25.1. The molecular formula is C43H72Br2F6N6O13. The van der Waals surface area contributed by atoms with Gasteiger partial charge < -0.3 is 40.6 Å². The second-order valence-corrected chi connectivity index (χ2v) is 18.6. The number of urea groups is 2. The van der Waals surface area contributed by atoms with Crippen LogP contribution in [0.1, 0.15) is 151 Å². The molecule has 4 bridgehead atoms. The van der Waals surface area contributed by atoms with E-state index in [1.54, 1.807) is 0 Å². The molecule has 4 atom stereocenters. The van der Waals surface area contributed by atoms with Crippen LogP contribution in [0.4, 0.5) is 35.9 Å². The molecule has 70 heavy (non-hydrogen) atoms. The van der Waals surface area contributed by atoms with Crippen LogP contribution in [-0.2, 0) is 43.0 Å². The van der Waals surface area contributed by atoms with Gasteiger partial charge in [0.25, 0.3) is 0 Å². The molecule has 0 saturated carbocycles. The summed E-state index contributed by atoms with van der Waals surface area (Å²) in [7, 11) is 0. The fourth-order valence-electron chi connectivity index (χ4n) is 7.43. The number of fused-ring (bicyclic) bond motifs is 4. The maximum Gasteiger partial charge on any atom is 0.477 e. The van der Waals surface area contributed by atoms with Gasteiger partial charge in [-0.2, -0.15) is 36.2 Å². The molecule has 0 aromatic rings. The number of halogens is 8. The zero-order valence-electron chi connectivity index (χ0n) is 40.8. The van der Waals surface area contributed by atoms with Crippen molar-refractivity contribution >= 4 is 73.6 Å². The van der Waals surface area contributed by atoms with Crippen LogP contribution in [0, 0.1) is 0 Å². The molecule has 0 aromatic carbocycles. The zero-order valence-corrected chi connectivity index (χ0v) is 44.0. The number of hydroxylamine groups is 4. The van der Waals surface area contributed by atoms with Crippen molar-refractivity contribution in [3.05, 3.63) is 0 Å². The van der Waals surface area contributed by atoms with Crippen molar-refractivity contribution in [3.8, 4) is 0 Å². The summed E-state index contributed by atoms with van der Waals surface area (Å²) < 4.78 is 90.2. The van der Waals surface area contributed by atoms with Gasteiger partial charge in [-0.15, -0.1) is 0 Å². The highest BCUT2D eigenvalue weighted by atomic mass is 79.9. The fourth-order valence-corrected chi connectivity index (χ4v) is 7.64. The fraction of sp³-hybridized carbons (Fsp3) is 0.837. The zero-order chi connectivity index (χ0) is 54.2. The van der Waals surface area contributed by atoms with Gasteiger partial charge >= 0.3 is 45.7 Å². The van der Waals surface area contributed by atoms with Crippen LogP contribution in [-0.4, -0.2) is 150 Å². The number of aliphatic hydroxyl groups excluding tert-OH is 1. The maximum absolute atomic E-state index is 14.2. The van der Waals surface area contributed by atoms with E-state index in [9.17, 15) is 65.1 Å². The van der Waals surface area contributed by atoms with E-state index in [0.29, 0.717) is 68.0 Å². The van der Waals surface area contributed by atoms with E-state index in [1.165, 1.54) is 11.8 Å². The lowest BCUT2D eigenvalue weighted by Crippen LogP contribution is -2.48. The number of rotatable bonds is 22. The molecule has 4 aliphatic rings. The molecule has 0 spiro atoms. The first-order chi connectivity index (χ1) is 32.5. The highest BCUT2D eigenvalue weighted by molar-refractivity contribution is 9.10. The van der Waals surface area contributed by atoms with E-state index in [4.69, 9.17) is 21.3 Å². The van der Waals surface area contributed by atoms with Crippen LogP contribution < -0.4 is 11.5 Å². The number of hydrogen-bond acceptors (Lipinski definition) is 13. The van der Waals surface area contributed by atoms with Crippen molar-refractivity contribution < 1.29 is 89.3 Å². The van der Waals surface area contributed by atoms with Gasteiger partial charge in [0.05, 0.1) is 24.8 Å². The number of nitrogens with zero attached hydrogens (tertiary/aromatic N) is 4. The molecule has 0 aromatic heterocycles. The van der Waals surface area contributed by atoms with E-state index in [0.717, 1.165) is 43.4 Å². The Morgan fingerprint density at radius 1 is 0.614 bits per heavy atom. The Labute approximate surface area is 422 Å². The number of esters is 3. The summed E-state index contributed by atoms with van der Waals surface area (Å²) in [4.78, 5) is 78.3. The van der Waals surface area contributed by atoms with Crippen LogP contribution in [0.2, 0.25) is 0 Å². The van der Waals surface area contributed by atoms with E-state index >= 15 is 0 Å². The van der Waals surface area contributed by atoms with Gasteiger partial charge in [0.15, 0.2) is 0 Å². The van der Waals surface area contributed by atoms with E-state index in [-0.39, 0.29) is 44.2 Å². The number of primary amides is 2. The van der Waals surface area contributed by atoms with Crippen molar-refractivity contribution in [2.75, 3.05) is 19.7 Å². The van der Waals surface area contributed by atoms with Gasteiger partial charge in [0, 0.05) is 44.9 Å². The van der Waals surface area contributed by atoms with Crippen LogP contribution in [0.5, 0.6) is 0 Å². The highest BCUT2D eigenvalue weighted by Crippen LogP contribution is 2.34. The standard InChI is InChI=1S/C16H25F2N3O5.C9H15BrF2O2.C7H11N3O3.C7H16O.C4H5BrF2O2/c1-3-5-11(6-4-2)25-14(23)16(17,18)26-21-10-7-8-12(13(19)22)20(9-10)15(21)24;1-3-5-7(6-4-2)14-8(13)9(10,11)12;8-6(11)5-2-1-4-3-9(5)7(12)10(4)13;1-3-5-7(8)6-4-2;1-2-9-3(8)4(5,6)7/h10-12H,3-9H2,1-2H3,(H2,19,22);7H,3-6H2,1-2H3;4-5,13H,1-3H2,(H2,8,11);7-8H,3-6H2,1-2H3;2H2,1H3/t10-,12+;;4-,5+;;/m1.1../s1. The third-order valence-electron chi connectivity index (χ3n) is 10.7. The Morgan fingerprint density at radius 2 is 0.986 bits per heavy atom. The molecule has 4 rings (SSSR count). The Hall–Kier alpha value is -3.69. The first kappa shape index (κ1) is 66.3. The first-order valence-electron chi connectivity index (χ1n) is 23.5. The molecule has 6 amide bonds. The van der Waals surface area contributed by atoms with Crippen LogP contribution in [0.3, 0.4) is 0 Å². The molecular weight excluding hydrogens is 1080 g/mol. The summed E-state index contributed by atoms with van der Waals surface area (Å²) in [6.45, 7) is 13.6. The molecule has 0 aliphatic carbocycles. The smallest absolute Gasteiger partial charge is 0.461 e. The average molecular weight is 1150 g/mol. The van der Waals surface area contributed by atoms with Gasteiger partial charge in [-0.25, -0.2) is 29.0 Å². The van der Waals surface area contributed by atoms with Gasteiger partial charge in [-0.3, -0.25) is 14.8 Å². The van der Waals surface area contributed by atoms with Gasteiger partial charge in [0.2, 0.25) is 11.8 Å². The molecule has 408 valence electrons. The van der Waals surface area contributed by atoms with Crippen LogP contribution in [0.15, 0.2) is 0 Å². The summed E-state index contributed by atoms with van der Waals surface area (Å²) >= 11 is 3.80. The average Bonchev–Trinajstić information content (AvgIpc) is 3.62. The van der Waals surface area contributed by atoms with Crippen molar-refractivity contribution in [3.63, 3.8) is 0 Å². The maximum atomic E-state index is 14.2. The summed E-state index contributed by atoms with van der Waals surface area (Å²) in [5.41, 5.74) is 10.4. The number of piperidine rings is 2. The Morgan fingerprint density at radius 3 is 1.34 bits per heavy atom. The monoisotopic (exact) mass is 1150 g/mol. The number of alkyl halides is 8. The SMILES string of the molecule is CCCC(CCC)OC(=O)C(F)(F)Br.CCCC(CCC)OC(=O)C(F)(F)ON1C(=O)N2C[C@H]1CC[C@H]2C(N)=O.CCCC(O)CCC.CCOC(=O)C(F)(F)Br.NC(=O)[C@@H]1CC[C@@H]2CN1C(=O)N2O. The van der Waals surface area contributed by atoms with Crippen LogP contribution >= 0.6 is 31.9 Å². The Bertz CT molecular complexity index is 1640. The molecule has 6 N–H and O–H groups in total. The molecule has 4 heterocycles. The molecule has 0 radical (unpaired) electrons. The van der Waals surface area contributed by atoms with Gasteiger partial charge in [-0.1, -0.05) is 80.1 Å². The number of ether oxygens (including phenoxy) is 3. The topological polar surface area (TPSA) is 262 Å². The van der Waals surface area contributed by atoms with Crippen molar-refractivity contribution in [1.82, 2.24) is 19.9 Å². The summed E-state index contributed by atoms with van der Waals surface area (Å²) in [5.74, 6) is -6.07. The summed E-state index contributed by atoms with van der Waals surface area (Å²) in [5, 5.41) is 19.5. The minimum absolute atomic E-state index is 0.0370. The second kappa shape index (κ2) is 32.4. The third kappa shape index (κ3) is 22.8. The lowest BCUT2D eigenvalue weighted by Gasteiger charge is -2.28. The van der Waals surface area contributed by atoms with Gasteiger partial charge in [-0.05, 0) is 71.1 Å². The lowest BCUT2D eigenvalue weighted by molar-refractivity contribution is -0.331. The van der Waals surface area contributed by atoms with Gasteiger partial charge in [0.1, 0.15) is 24.3 Å². The predicted octanol–water partition coefficient (Wildman–Crippen LogP) is 7.88. The van der Waals surface area contributed by atoms with Crippen molar-refractivity contribution in [1.29, 1.82) is 0 Å². The molecule has 4 fully saturated rings. The summed E-state index contributed by atoms with van der Waals surface area (Å²) in [6.07, 6.45) is 5.67. The van der Waals surface area contributed by atoms with Crippen LogP contribution in [0.25, 0.3) is 0 Å². The lowest BCUT2D eigenvalue weighted by atomic mass is 10.0. The van der Waals surface area contributed by atoms with E-state index in [1.807, 2.05) is 59.6 Å². The Kier molecular flexibility index (Phi) is 30.7. The molecule has 4 saturated heterocycles. The molecule has 0 unspecified atom stereocenters. The highest BCUT2D eigenvalue weighted by Gasteiger charge is 2.54. The third-order valence-corrected chi connectivity index (χ3v) is 11.4. The normalized spacial score (nSPS) is 19.5. The predicted molar refractivity (Wildman–Crippen MR) is 247 cm³/mol. The quantitative estimate of drug-likeness (QED) is 0.0265. The van der Waals surface area contributed by atoms with E-state index < -0.39 is 81.8 Å². The minimum Gasteiger partial charge on any atom is -0.461 e. The molecule has 19 nitrogen and oxygen atoms in total. The minimum atomic E-state index is -4.30. The van der Waals surface area contributed by atoms with E-state index in [2.05, 4.69) is 28.2 Å². The number of amides is 6. The number of aliphatic hydroxyl groups is 1. The second-order valence-electron chi connectivity index (χ2n) is 16.6. The van der Waals surface area contributed by atoms with Crippen molar-refractivity contribution in [2.45, 2.75) is 209 Å². The van der Waals surface area contributed by atoms with Crippen molar-refractivity contribution in [2.24, 2.45) is 11.5 Å². The molecule has 27 heteroatoms. The number of hydrogen-bond donors (Lipinski definition) is 4. The summed E-state index contributed by atoms with van der Waals surface area (Å²) in [6, 6.07) is -3.64. The largest absolute Gasteiger partial charge is 0.477 e. The number of nitrogens with two attached hydrogens (primary N) is 2. The Balaban J connectivity index is 0.000000921. The number of carbonyl (C=O) groups excluding carboxylic acids is 7. The number of carbonyl (C=O) groups is 7. The molecule has 4 aliphatic heterocycles.